The second-order valence-corrected chi connectivity index (χ2v) is 3.04. The zero-order valence-corrected chi connectivity index (χ0v) is 10.4. The summed E-state index contributed by atoms with van der Waals surface area (Å²) in [5.41, 5.74) is 0. The van der Waals surface area contributed by atoms with E-state index < -0.39 is 30.1 Å². The predicted molar refractivity (Wildman–Crippen MR) is 55.9 cm³/mol. The molecule has 0 saturated carbocycles. The Hall–Kier alpha value is -1.67. The summed E-state index contributed by atoms with van der Waals surface area (Å²) < 4.78 is 9.07. The standard InChI is InChI=1S/C10H16O8/c1-4-15-9(13)7(12)8(10(14)16-5-2)18-17-6(3)11/h7-8,12H,4-5H2,1-3H3. The first kappa shape index (κ1) is 16.3. The molecule has 2 atom stereocenters. The van der Waals surface area contributed by atoms with Crippen LogP contribution in [0.5, 0.6) is 0 Å². The molecule has 104 valence electrons. The van der Waals surface area contributed by atoms with E-state index in [4.69, 9.17) is 0 Å². The predicted octanol–water partition coefficient (Wildman–Crippen LogP) is -0.663. The van der Waals surface area contributed by atoms with Crippen LogP contribution < -0.4 is 0 Å². The summed E-state index contributed by atoms with van der Waals surface area (Å²) in [5, 5.41) is 9.53. The second kappa shape index (κ2) is 8.43. The van der Waals surface area contributed by atoms with Crippen molar-refractivity contribution in [1.82, 2.24) is 0 Å². The summed E-state index contributed by atoms with van der Waals surface area (Å²) in [5.74, 6) is -2.97. The van der Waals surface area contributed by atoms with Crippen molar-refractivity contribution < 1.29 is 38.7 Å². The normalized spacial score (nSPS) is 13.3. The molecule has 18 heavy (non-hydrogen) atoms. The Morgan fingerprint density at radius 3 is 2.00 bits per heavy atom. The highest BCUT2D eigenvalue weighted by atomic mass is 17.2. The van der Waals surface area contributed by atoms with Crippen LogP contribution in [-0.2, 0) is 33.6 Å². The number of hydrogen-bond acceptors (Lipinski definition) is 8. The first-order valence-electron chi connectivity index (χ1n) is 5.29. The maximum atomic E-state index is 11.4. The van der Waals surface area contributed by atoms with Gasteiger partial charge in [-0.15, -0.1) is 0 Å². The minimum Gasteiger partial charge on any atom is -0.464 e. The topological polar surface area (TPSA) is 108 Å². The van der Waals surface area contributed by atoms with Gasteiger partial charge in [0.05, 0.1) is 13.2 Å². The van der Waals surface area contributed by atoms with E-state index in [1.807, 2.05) is 0 Å². The fourth-order valence-corrected chi connectivity index (χ4v) is 0.916. The van der Waals surface area contributed by atoms with E-state index in [-0.39, 0.29) is 13.2 Å². The van der Waals surface area contributed by atoms with Crippen molar-refractivity contribution in [3.05, 3.63) is 0 Å². The summed E-state index contributed by atoms with van der Waals surface area (Å²) in [6.45, 7) is 4.10. The fraction of sp³-hybridized carbons (Fsp3) is 0.700. The van der Waals surface area contributed by atoms with Gasteiger partial charge in [0, 0.05) is 6.92 Å². The van der Waals surface area contributed by atoms with Crippen molar-refractivity contribution in [2.75, 3.05) is 13.2 Å². The summed E-state index contributed by atoms with van der Waals surface area (Å²) in [4.78, 5) is 41.7. The van der Waals surface area contributed by atoms with Crippen LogP contribution in [0, 0.1) is 0 Å². The van der Waals surface area contributed by atoms with Crippen molar-refractivity contribution in [3.63, 3.8) is 0 Å². The van der Waals surface area contributed by atoms with Crippen molar-refractivity contribution in [2.24, 2.45) is 0 Å². The van der Waals surface area contributed by atoms with Crippen LogP contribution in [-0.4, -0.2) is 48.4 Å². The molecule has 0 aromatic carbocycles. The van der Waals surface area contributed by atoms with Crippen LogP contribution in [0.1, 0.15) is 20.8 Å². The molecule has 0 radical (unpaired) electrons. The number of carbonyl (C=O) groups excluding carboxylic acids is 3. The lowest BCUT2D eigenvalue weighted by Crippen LogP contribution is -2.44. The van der Waals surface area contributed by atoms with E-state index in [2.05, 4.69) is 19.2 Å². The van der Waals surface area contributed by atoms with Gasteiger partial charge in [-0.2, -0.15) is 4.89 Å². The molecular formula is C10H16O8. The van der Waals surface area contributed by atoms with E-state index >= 15 is 0 Å². The molecule has 8 nitrogen and oxygen atoms in total. The Balaban J connectivity index is 4.67. The molecule has 0 heterocycles. The van der Waals surface area contributed by atoms with Gasteiger partial charge in [0.2, 0.25) is 6.10 Å². The molecule has 0 aromatic heterocycles. The van der Waals surface area contributed by atoms with E-state index in [0.717, 1.165) is 6.92 Å². The van der Waals surface area contributed by atoms with Gasteiger partial charge in [0.15, 0.2) is 6.10 Å². The lowest BCUT2D eigenvalue weighted by molar-refractivity contribution is -0.306. The number of esters is 2. The van der Waals surface area contributed by atoms with E-state index in [0.29, 0.717) is 0 Å². The van der Waals surface area contributed by atoms with Gasteiger partial charge in [0.25, 0.3) is 0 Å². The smallest absolute Gasteiger partial charge is 0.343 e. The molecule has 0 aliphatic heterocycles. The number of aliphatic hydroxyl groups excluding tert-OH is 1. The fourth-order valence-electron chi connectivity index (χ4n) is 0.916. The molecule has 0 aliphatic rings. The average Bonchev–Trinajstić information content (AvgIpc) is 2.29. The van der Waals surface area contributed by atoms with E-state index in [1.54, 1.807) is 0 Å². The van der Waals surface area contributed by atoms with Gasteiger partial charge in [-0.3, -0.25) is 4.89 Å². The van der Waals surface area contributed by atoms with E-state index in [9.17, 15) is 19.5 Å². The molecule has 0 aliphatic carbocycles. The van der Waals surface area contributed by atoms with Crippen molar-refractivity contribution >= 4 is 17.9 Å². The minimum absolute atomic E-state index is 0.00824. The highest BCUT2D eigenvalue weighted by Gasteiger charge is 2.37. The van der Waals surface area contributed by atoms with Crippen molar-refractivity contribution in [3.8, 4) is 0 Å². The van der Waals surface area contributed by atoms with Crippen LogP contribution in [0.25, 0.3) is 0 Å². The molecule has 0 saturated heterocycles. The third-order valence-corrected chi connectivity index (χ3v) is 1.60. The zero-order chi connectivity index (χ0) is 14.1. The summed E-state index contributed by atoms with van der Waals surface area (Å²) in [6.07, 6.45) is -3.73. The van der Waals surface area contributed by atoms with Crippen molar-refractivity contribution in [2.45, 2.75) is 33.0 Å². The molecule has 0 rings (SSSR count). The first-order chi connectivity index (χ1) is 8.43. The molecule has 1 N–H and O–H groups in total. The van der Waals surface area contributed by atoms with Gasteiger partial charge in [0.1, 0.15) is 0 Å². The maximum Gasteiger partial charge on any atom is 0.343 e. The van der Waals surface area contributed by atoms with Crippen LogP contribution in [0.15, 0.2) is 0 Å². The van der Waals surface area contributed by atoms with Crippen molar-refractivity contribution in [1.29, 1.82) is 0 Å². The zero-order valence-electron chi connectivity index (χ0n) is 10.4. The molecule has 0 aromatic rings. The van der Waals surface area contributed by atoms with Crippen LogP contribution in [0.4, 0.5) is 0 Å². The van der Waals surface area contributed by atoms with Gasteiger partial charge in [-0.1, -0.05) is 0 Å². The Morgan fingerprint density at radius 2 is 1.56 bits per heavy atom. The lowest BCUT2D eigenvalue weighted by Gasteiger charge is -2.18. The number of rotatable bonds is 7. The third kappa shape index (κ3) is 5.60. The molecular weight excluding hydrogens is 248 g/mol. The number of hydrogen-bond donors (Lipinski definition) is 1. The lowest BCUT2D eigenvalue weighted by atomic mass is 10.2. The quantitative estimate of drug-likeness (QED) is 0.366. The third-order valence-electron chi connectivity index (χ3n) is 1.60. The summed E-state index contributed by atoms with van der Waals surface area (Å²) in [6, 6.07) is 0. The Kier molecular flexibility index (Phi) is 7.64. The molecule has 2 unspecified atom stereocenters. The number of aliphatic hydroxyl groups is 1. The minimum atomic E-state index is -1.94. The summed E-state index contributed by atoms with van der Waals surface area (Å²) in [7, 11) is 0. The monoisotopic (exact) mass is 264 g/mol. The molecule has 8 heteroatoms. The molecule has 0 amide bonds. The Labute approximate surface area is 104 Å². The number of carbonyl (C=O) groups is 3. The van der Waals surface area contributed by atoms with Gasteiger partial charge >= 0.3 is 17.9 Å². The van der Waals surface area contributed by atoms with Gasteiger partial charge < -0.3 is 14.6 Å². The maximum absolute atomic E-state index is 11.4. The Morgan fingerprint density at radius 1 is 1.06 bits per heavy atom. The molecule has 0 fully saturated rings. The summed E-state index contributed by atoms with van der Waals surface area (Å²) >= 11 is 0. The van der Waals surface area contributed by atoms with Crippen LogP contribution in [0.2, 0.25) is 0 Å². The SMILES string of the molecule is CCOC(=O)C(O)C(OOC(C)=O)C(=O)OCC. The average molecular weight is 264 g/mol. The highest BCUT2D eigenvalue weighted by molar-refractivity contribution is 5.85. The second-order valence-electron chi connectivity index (χ2n) is 3.04. The molecule has 0 spiro atoms. The molecule has 0 bridgehead atoms. The van der Waals surface area contributed by atoms with Gasteiger partial charge in [-0.05, 0) is 13.8 Å². The van der Waals surface area contributed by atoms with E-state index in [1.165, 1.54) is 13.8 Å². The van der Waals surface area contributed by atoms with Gasteiger partial charge in [-0.25, -0.2) is 14.4 Å². The Bertz CT molecular complexity index is 300. The largest absolute Gasteiger partial charge is 0.464 e. The highest BCUT2D eigenvalue weighted by Crippen LogP contribution is 2.06. The number of ether oxygens (including phenoxy) is 2. The van der Waals surface area contributed by atoms with Crippen LogP contribution >= 0.6 is 0 Å². The van der Waals surface area contributed by atoms with Crippen LogP contribution in [0.3, 0.4) is 0 Å². The first-order valence-corrected chi connectivity index (χ1v) is 5.29.